The van der Waals surface area contributed by atoms with Crippen LogP contribution in [0.3, 0.4) is 0 Å². The molecule has 0 bridgehead atoms. The molecule has 0 unspecified atom stereocenters. The lowest BCUT2D eigenvalue weighted by Crippen LogP contribution is -2.37. The molecule has 1 saturated heterocycles. The molecule has 0 saturated carbocycles. The van der Waals surface area contributed by atoms with Crippen molar-refractivity contribution < 1.29 is 4.74 Å². The number of ether oxygens (including phenoxy) is 1. The Morgan fingerprint density at radius 1 is 1.42 bits per heavy atom. The van der Waals surface area contributed by atoms with Crippen molar-refractivity contribution in [1.29, 1.82) is 5.41 Å². The van der Waals surface area contributed by atoms with Gasteiger partial charge in [-0.05, 0) is 6.42 Å². The van der Waals surface area contributed by atoms with Gasteiger partial charge in [0, 0.05) is 19.6 Å². The smallest absolute Gasteiger partial charge is 0.0861 e. The number of aliphatic imine (C=N–C) groups is 1. The first-order chi connectivity index (χ1) is 5.93. The Kier molecular flexibility index (Phi) is 4.61. The Balaban J connectivity index is 2.01. The molecule has 68 valence electrons. The molecular weight excluding hydrogens is 154 g/mol. The average molecular weight is 169 g/mol. The van der Waals surface area contributed by atoms with Crippen LogP contribution in [0.2, 0.25) is 0 Å². The Morgan fingerprint density at radius 3 is 2.83 bits per heavy atom. The van der Waals surface area contributed by atoms with E-state index >= 15 is 0 Å². The van der Waals surface area contributed by atoms with Crippen molar-refractivity contribution in [2.24, 2.45) is 4.99 Å². The molecule has 1 N–H and O–H groups in total. The molecule has 0 aromatic carbocycles. The van der Waals surface area contributed by atoms with Crippen molar-refractivity contribution in [3.63, 3.8) is 0 Å². The zero-order valence-corrected chi connectivity index (χ0v) is 7.25. The van der Waals surface area contributed by atoms with Crippen LogP contribution in [0.5, 0.6) is 0 Å². The lowest BCUT2D eigenvalue weighted by molar-refractivity contribution is 0.0377. The van der Waals surface area contributed by atoms with Gasteiger partial charge in [0.15, 0.2) is 0 Å². The molecule has 1 aliphatic rings. The number of hydrogen-bond donors (Lipinski definition) is 1. The van der Waals surface area contributed by atoms with E-state index in [2.05, 4.69) is 9.89 Å². The minimum Gasteiger partial charge on any atom is -0.379 e. The number of rotatable bonds is 4. The van der Waals surface area contributed by atoms with Gasteiger partial charge >= 0.3 is 0 Å². The van der Waals surface area contributed by atoms with E-state index in [-0.39, 0.29) is 0 Å². The summed E-state index contributed by atoms with van der Waals surface area (Å²) in [7, 11) is 0. The highest BCUT2D eigenvalue weighted by Gasteiger charge is 2.08. The fraction of sp³-hybridized carbons (Fsp3) is 0.875. The van der Waals surface area contributed by atoms with Crippen LogP contribution in [-0.4, -0.2) is 50.3 Å². The van der Waals surface area contributed by atoms with Crippen molar-refractivity contribution in [2.45, 2.75) is 6.42 Å². The lowest BCUT2D eigenvalue weighted by atomic mass is 10.3. The molecule has 0 radical (unpaired) electrons. The quantitative estimate of drug-likeness (QED) is 0.491. The van der Waals surface area contributed by atoms with Gasteiger partial charge in [0.1, 0.15) is 0 Å². The largest absolute Gasteiger partial charge is 0.379 e. The number of hydrogen-bond acceptors (Lipinski definition) is 4. The van der Waals surface area contributed by atoms with Crippen molar-refractivity contribution in [2.75, 3.05) is 39.4 Å². The Bertz CT molecular complexity index is 160. The standard InChI is InChI=1S/C8H15N3O/c9-8-10-2-1-3-11-4-6-12-7-5-11/h9H,1-7H2. The highest BCUT2D eigenvalue weighted by atomic mass is 16.5. The summed E-state index contributed by atoms with van der Waals surface area (Å²) in [5, 5.41) is 6.58. The summed E-state index contributed by atoms with van der Waals surface area (Å²) in [5.74, 6) is 0. The topological polar surface area (TPSA) is 48.7 Å². The molecule has 12 heavy (non-hydrogen) atoms. The molecule has 0 aliphatic carbocycles. The molecule has 0 amide bonds. The summed E-state index contributed by atoms with van der Waals surface area (Å²) in [6, 6.07) is 2.04. The maximum absolute atomic E-state index is 6.58. The monoisotopic (exact) mass is 169 g/mol. The Morgan fingerprint density at radius 2 is 2.17 bits per heavy atom. The third kappa shape index (κ3) is 3.62. The highest BCUT2D eigenvalue weighted by Crippen LogP contribution is 1.97. The van der Waals surface area contributed by atoms with Gasteiger partial charge in [-0.2, -0.15) is 0 Å². The van der Waals surface area contributed by atoms with Crippen LogP contribution in [0.4, 0.5) is 0 Å². The predicted octanol–water partition coefficient (Wildman–Crippen LogP) is 0.461. The van der Waals surface area contributed by atoms with Crippen LogP contribution in [0.1, 0.15) is 6.42 Å². The van der Waals surface area contributed by atoms with E-state index in [0.29, 0.717) is 0 Å². The van der Waals surface area contributed by atoms with Gasteiger partial charge in [0.25, 0.3) is 0 Å². The first-order valence-electron chi connectivity index (χ1n) is 4.32. The summed E-state index contributed by atoms with van der Waals surface area (Å²) in [5.41, 5.74) is 0. The van der Waals surface area contributed by atoms with Crippen LogP contribution >= 0.6 is 0 Å². The Hall–Kier alpha value is -0.700. The van der Waals surface area contributed by atoms with Crippen molar-refractivity contribution in [3.05, 3.63) is 0 Å². The van der Waals surface area contributed by atoms with E-state index in [9.17, 15) is 0 Å². The van der Waals surface area contributed by atoms with Gasteiger partial charge in [-0.15, -0.1) is 0 Å². The van der Waals surface area contributed by atoms with E-state index in [1.807, 2.05) is 6.01 Å². The normalized spacial score (nSPS) is 18.7. The third-order valence-corrected chi connectivity index (χ3v) is 1.93. The summed E-state index contributed by atoms with van der Waals surface area (Å²) in [6.45, 7) is 5.57. The predicted molar refractivity (Wildman–Crippen MR) is 46.9 cm³/mol. The number of nitrogens with one attached hydrogen (secondary N) is 1. The molecule has 1 heterocycles. The minimum atomic E-state index is 0.723. The van der Waals surface area contributed by atoms with E-state index in [4.69, 9.17) is 10.1 Å². The molecule has 0 atom stereocenters. The molecule has 1 fully saturated rings. The molecule has 1 rings (SSSR count). The van der Waals surface area contributed by atoms with Crippen LogP contribution in [0, 0.1) is 5.41 Å². The fourth-order valence-corrected chi connectivity index (χ4v) is 1.25. The fourth-order valence-electron chi connectivity index (χ4n) is 1.25. The second-order valence-electron chi connectivity index (χ2n) is 2.80. The molecule has 1 aliphatic heterocycles. The first kappa shape index (κ1) is 9.39. The summed E-state index contributed by atoms with van der Waals surface area (Å²) < 4.78 is 5.22. The Labute approximate surface area is 72.7 Å². The summed E-state index contributed by atoms with van der Waals surface area (Å²) in [4.78, 5) is 6.08. The van der Waals surface area contributed by atoms with E-state index in [1.54, 1.807) is 0 Å². The molecule has 0 aromatic rings. The minimum absolute atomic E-state index is 0.723. The van der Waals surface area contributed by atoms with E-state index < -0.39 is 0 Å². The molecule has 0 spiro atoms. The molecule has 4 heteroatoms. The molecule has 4 nitrogen and oxygen atoms in total. The second kappa shape index (κ2) is 5.89. The number of nitrogens with zero attached hydrogens (tertiary/aromatic N) is 2. The lowest BCUT2D eigenvalue weighted by Gasteiger charge is -2.25. The summed E-state index contributed by atoms with van der Waals surface area (Å²) in [6.07, 6.45) is 1.02. The summed E-state index contributed by atoms with van der Waals surface area (Å²) >= 11 is 0. The average Bonchev–Trinajstić information content (AvgIpc) is 2.14. The zero-order valence-electron chi connectivity index (χ0n) is 7.25. The van der Waals surface area contributed by atoms with Gasteiger partial charge in [-0.25, -0.2) is 10.4 Å². The van der Waals surface area contributed by atoms with Crippen molar-refractivity contribution in [3.8, 4) is 0 Å². The van der Waals surface area contributed by atoms with Gasteiger partial charge in [0.2, 0.25) is 0 Å². The van der Waals surface area contributed by atoms with Gasteiger partial charge in [-0.3, -0.25) is 4.90 Å². The van der Waals surface area contributed by atoms with E-state index in [0.717, 1.165) is 45.8 Å². The molecule has 0 aromatic heterocycles. The maximum atomic E-state index is 6.58. The first-order valence-corrected chi connectivity index (χ1v) is 4.32. The maximum Gasteiger partial charge on any atom is 0.0861 e. The zero-order chi connectivity index (χ0) is 8.65. The van der Waals surface area contributed by atoms with Crippen LogP contribution in [0.25, 0.3) is 0 Å². The van der Waals surface area contributed by atoms with Gasteiger partial charge in [-0.1, -0.05) is 0 Å². The van der Waals surface area contributed by atoms with Gasteiger partial charge in [0.05, 0.1) is 25.8 Å². The van der Waals surface area contributed by atoms with Crippen LogP contribution < -0.4 is 0 Å². The van der Waals surface area contributed by atoms with Crippen LogP contribution in [-0.2, 0) is 4.74 Å². The van der Waals surface area contributed by atoms with Crippen molar-refractivity contribution >= 4 is 6.01 Å². The third-order valence-electron chi connectivity index (χ3n) is 1.93. The highest BCUT2D eigenvalue weighted by molar-refractivity contribution is 5.35. The number of morpholine rings is 1. The van der Waals surface area contributed by atoms with Gasteiger partial charge < -0.3 is 4.74 Å². The second-order valence-corrected chi connectivity index (χ2v) is 2.80. The van der Waals surface area contributed by atoms with Crippen molar-refractivity contribution in [1.82, 2.24) is 4.90 Å². The molecular formula is C8H15N3O. The SMILES string of the molecule is N=C=NCCCN1CCOCC1. The van der Waals surface area contributed by atoms with Crippen LogP contribution in [0.15, 0.2) is 4.99 Å². The van der Waals surface area contributed by atoms with E-state index in [1.165, 1.54) is 0 Å².